The van der Waals surface area contributed by atoms with Gasteiger partial charge >= 0.3 is 0 Å². The SMILES string of the molecule is Cc1ccc(N)c(N(C)c2sccc2C)c1. The van der Waals surface area contributed by atoms with E-state index in [-0.39, 0.29) is 0 Å². The fourth-order valence-corrected chi connectivity index (χ4v) is 2.67. The minimum absolute atomic E-state index is 0.820. The Morgan fingerprint density at radius 1 is 1.19 bits per heavy atom. The lowest BCUT2D eigenvalue weighted by Gasteiger charge is -2.21. The van der Waals surface area contributed by atoms with Gasteiger partial charge in [0.15, 0.2) is 0 Å². The smallest absolute Gasteiger partial charge is 0.0980 e. The van der Waals surface area contributed by atoms with E-state index in [2.05, 4.69) is 43.3 Å². The Balaban J connectivity index is 2.45. The van der Waals surface area contributed by atoms with Gasteiger partial charge < -0.3 is 10.6 Å². The maximum atomic E-state index is 6.01. The topological polar surface area (TPSA) is 29.3 Å². The third kappa shape index (κ3) is 1.91. The summed E-state index contributed by atoms with van der Waals surface area (Å²) in [5.41, 5.74) is 10.4. The fraction of sp³-hybridized carbons (Fsp3) is 0.231. The van der Waals surface area contributed by atoms with Gasteiger partial charge in [-0.1, -0.05) is 6.07 Å². The van der Waals surface area contributed by atoms with Crippen LogP contribution in [0.4, 0.5) is 16.4 Å². The molecule has 0 spiro atoms. The Morgan fingerprint density at radius 2 is 1.94 bits per heavy atom. The minimum Gasteiger partial charge on any atom is -0.397 e. The van der Waals surface area contributed by atoms with Gasteiger partial charge in [-0.15, -0.1) is 11.3 Å². The van der Waals surface area contributed by atoms with Gasteiger partial charge in [0.25, 0.3) is 0 Å². The number of hydrogen-bond acceptors (Lipinski definition) is 3. The van der Waals surface area contributed by atoms with Crippen molar-refractivity contribution in [3.8, 4) is 0 Å². The molecule has 0 saturated heterocycles. The first-order valence-electron chi connectivity index (χ1n) is 5.23. The molecule has 0 amide bonds. The molecular formula is C13H16N2S. The molecule has 0 radical (unpaired) electrons. The Kier molecular flexibility index (Phi) is 2.88. The van der Waals surface area contributed by atoms with Crippen LogP contribution in [-0.2, 0) is 0 Å². The zero-order valence-electron chi connectivity index (χ0n) is 9.82. The molecule has 1 aromatic carbocycles. The summed E-state index contributed by atoms with van der Waals surface area (Å²) >= 11 is 1.74. The van der Waals surface area contributed by atoms with E-state index >= 15 is 0 Å². The predicted octanol–water partition coefficient (Wildman–Crippen LogP) is 3.72. The second kappa shape index (κ2) is 4.18. The summed E-state index contributed by atoms with van der Waals surface area (Å²) in [4.78, 5) is 2.16. The zero-order valence-corrected chi connectivity index (χ0v) is 10.6. The van der Waals surface area contributed by atoms with Gasteiger partial charge in [-0.2, -0.15) is 0 Å². The molecule has 16 heavy (non-hydrogen) atoms. The molecule has 2 aromatic rings. The lowest BCUT2D eigenvalue weighted by atomic mass is 10.2. The van der Waals surface area contributed by atoms with Crippen LogP contribution < -0.4 is 10.6 Å². The van der Waals surface area contributed by atoms with Crippen molar-refractivity contribution >= 4 is 27.7 Å². The van der Waals surface area contributed by atoms with E-state index in [1.807, 2.05) is 12.1 Å². The molecule has 0 aliphatic carbocycles. The molecule has 0 fully saturated rings. The molecule has 0 atom stereocenters. The zero-order chi connectivity index (χ0) is 11.7. The van der Waals surface area contributed by atoms with Crippen molar-refractivity contribution in [3.05, 3.63) is 40.8 Å². The van der Waals surface area contributed by atoms with Gasteiger partial charge in [0.1, 0.15) is 0 Å². The molecule has 3 heteroatoms. The number of nitrogens with zero attached hydrogens (tertiary/aromatic N) is 1. The molecule has 0 bridgehead atoms. The summed E-state index contributed by atoms with van der Waals surface area (Å²) in [6.45, 7) is 4.20. The van der Waals surface area contributed by atoms with Crippen molar-refractivity contribution in [1.82, 2.24) is 0 Å². The van der Waals surface area contributed by atoms with Crippen molar-refractivity contribution in [2.75, 3.05) is 17.7 Å². The van der Waals surface area contributed by atoms with E-state index in [9.17, 15) is 0 Å². The van der Waals surface area contributed by atoms with Crippen LogP contribution in [0.3, 0.4) is 0 Å². The van der Waals surface area contributed by atoms with Crippen LogP contribution in [0.25, 0.3) is 0 Å². The number of anilines is 3. The summed E-state index contributed by atoms with van der Waals surface area (Å²) in [7, 11) is 2.06. The normalized spacial score (nSPS) is 10.4. The van der Waals surface area contributed by atoms with E-state index in [0.29, 0.717) is 0 Å². The van der Waals surface area contributed by atoms with E-state index in [1.54, 1.807) is 11.3 Å². The molecule has 2 N–H and O–H groups in total. The van der Waals surface area contributed by atoms with Gasteiger partial charge in [0.05, 0.1) is 16.4 Å². The number of nitrogen functional groups attached to an aromatic ring is 1. The Bertz CT molecular complexity index is 502. The third-order valence-electron chi connectivity index (χ3n) is 2.69. The number of benzene rings is 1. The largest absolute Gasteiger partial charge is 0.397 e. The Morgan fingerprint density at radius 3 is 2.56 bits per heavy atom. The molecular weight excluding hydrogens is 216 g/mol. The van der Waals surface area contributed by atoms with Crippen molar-refractivity contribution in [1.29, 1.82) is 0 Å². The van der Waals surface area contributed by atoms with Crippen LogP contribution in [0.5, 0.6) is 0 Å². The second-order valence-corrected chi connectivity index (χ2v) is 4.92. The summed E-state index contributed by atoms with van der Waals surface area (Å²) in [6, 6.07) is 8.25. The van der Waals surface area contributed by atoms with Gasteiger partial charge in [0, 0.05) is 7.05 Å². The lowest BCUT2D eigenvalue weighted by molar-refractivity contribution is 1.21. The Hall–Kier alpha value is -1.48. The maximum Gasteiger partial charge on any atom is 0.0980 e. The van der Waals surface area contributed by atoms with Crippen LogP contribution in [0, 0.1) is 13.8 Å². The molecule has 1 aromatic heterocycles. The highest BCUT2D eigenvalue weighted by atomic mass is 32.1. The first-order valence-corrected chi connectivity index (χ1v) is 6.11. The number of aryl methyl sites for hydroxylation is 2. The standard InChI is InChI=1S/C13H16N2S/c1-9-4-5-11(14)12(8-9)15(3)13-10(2)6-7-16-13/h4-8H,14H2,1-3H3. The van der Waals surface area contributed by atoms with Crippen LogP contribution >= 0.6 is 11.3 Å². The second-order valence-electron chi connectivity index (χ2n) is 4.03. The monoisotopic (exact) mass is 232 g/mol. The highest BCUT2D eigenvalue weighted by Crippen LogP contribution is 2.35. The van der Waals surface area contributed by atoms with Crippen LogP contribution in [0.2, 0.25) is 0 Å². The number of hydrogen-bond donors (Lipinski definition) is 1. The number of nitrogens with two attached hydrogens (primary N) is 1. The molecule has 0 unspecified atom stereocenters. The first kappa shape index (κ1) is 11.0. The van der Waals surface area contributed by atoms with Crippen LogP contribution in [0.15, 0.2) is 29.6 Å². The van der Waals surface area contributed by atoms with Crippen molar-refractivity contribution < 1.29 is 0 Å². The van der Waals surface area contributed by atoms with E-state index < -0.39 is 0 Å². The van der Waals surface area contributed by atoms with E-state index in [0.717, 1.165) is 11.4 Å². The molecule has 0 saturated carbocycles. The number of rotatable bonds is 2. The van der Waals surface area contributed by atoms with Gasteiger partial charge in [-0.25, -0.2) is 0 Å². The quantitative estimate of drug-likeness (QED) is 0.800. The average molecular weight is 232 g/mol. The van der Waals surface area contributed by atoms with Crippen molar-refractivity contribution in [2.24, 2.45) is 0 Å². The summed E-state index contributed by atoms with van der Waals surface area (Å²) < 4.78 is 0. The van der Waals surface area contributed by atoms with Gasteiger partial charge in [0.2, 0.25) is 0 Å². The molecule has 84 valence electrons. The third-order valence-corrected chi connectivity index (χ3v) is 3.78. The molecule has 1 heterocycles. The van der Waals surface area contributed by atoms with Gasteiger partial charge in [-0.05, 0) is 48.6 Å². The van der Waals surface area contributed by atoms with Crippen molar-refractivity contribution in [3.63, 3.8) is 0 Å². The summed E-state index contributed by atoms with van der Waals surface area (Å²) in [5.74, 6) is 0. The average Bonchev–Trinajstić information content (AvgIpc) is 2.67. The van der Waals surface area contributed by atoms with Crippen LogP contribution in [0.1, 0.15) is 11.1 Å². The fourth-order valence-electron chi connectivity index (χ4n) is 1.76. The molecule has 0 aliphatic rings. The highest BCUT2D eigenvalue weighted by Gasteiger charge is 2.10. The van der Waals surface area contributed by atoms with E-state index in [4.69, 9.17) is 5.73 Å². The maximum absolute atomic E-state index is 6.01. The highest BCUT2D eigenvalue weighted by molar-refractivity contribution is 7.14. The lowest BCUT2D eigenvalue weighted by Crippen LogP contribution is -2.11. The number of thiophene rings is 1. The molecule has 2 rings (SSSR count). The molecule has 2 nitrogen and oxygen atoms in total. The predicted molar refractivity (Wildman–Crippen MR) is 72.7 cm³/mol. The first-order chi connectivity index (χ1) is 7.59. The van der Waals surface area contributed by atoms with E-state index in [1.165, 1.54) is 16.1 Å². The van der Waals surface area contributed by atoms with Crippen molar-refractivity contribution in [2.45, 2.75) is 13.8 Å². The molecule has 0 aliphatic heterocycles. The Labute approximate surface area is 100 Å². The van der Waals surface area contributed by atoms with Gasteiger partial charge in [-0.3, -0.25) is 0 Å². The minimum atomic E-state index is 0.820. The summed E-state index contributed by atoms with van der Waals surface area (Å²) in [6.07, 6.45) is 0. The van der Waals surface area contributed by atoms with Crippen LogP contribution in [-0.4, -0.2) is 7.05 Å². The summed E-state index contributed by atoms with van der Waals surface area (Å²) in [5, 5.41) is 3.35.